The zero-order valence-corrected chi connectivity index (χ0v) is 21.8. The molecule has 0 spiro atoms. The summed E-state index contributed by atoms with van der Waals surface area (Å²) in [6.45, 7) is 8.69. The van der Waals surface area contributed by atoms with E-state index in [2.05, 4.69) is 63.0 Å². The summed E-state index contributed by atoms with van der Waals surface area (Å²) in [7, 11) is 1.65. The van der Waals surface area contributed by atoms with Gasteiger partial charge in [0.25, 0.3) is 0 Å². The van der Waals surface area contributed by atoms with Crippen LogP contribution in [0.25, 0.3) is 44.9 Å². The molecule has 0 bridgehead atoms. The molecule has 2 aliphatic rings. The summed E-state index contributed by atoms with van der Waals surface area (Å²) in [5.74, 6) is 1.18. The summed E-state index contributed by atoms with van der Waals surface area (Å²) in [5, 5.41) is 10.5. The molecular formula is C33H29N3O. The largest absolute Gasteiger partial charge is 0.497 e. The van der Waals surface area contributed by atoms with Crippen molar-refractivity contribution in [1.29, 1.82) is 5.26 Å². The third-order valence-electron chi connectivity index (χ3n) is 6.94. The van der Waals surface area contributed by atoms with Crippen LogP contribution in [0.5, 0.6) is 5.75 Å². The Bertz CT molecular complexity index is 1600. The van der Waals surface area contributed by atoms with E-state index >= 15 is 0 Å². The first kappa shape index (κ1) is 24.2. The van der Waals surface area contributed by atoms with Crippen LogP contribution in [-0.4, -0.2) is 17.1 Å². The van der Waals surface area contributed by atoms with Crippen molar-refractivity contribution in [2.24, 2.45) is 0 Å². The molecule has 0 atom stereocenters. The lowest BCUT2D eigenvalue weighted by molar-refractivity contribution is 0.415. The fraction of sp³-hybridized carbons (Fsp3) is 0.182. The number of pyridine rings is 2. The Balaban J connectivity index is 1.83. The Kier molecular flexibility index (Phi) is 6.46. The predicted molar refractivity (Wildman–Crippen MR) is 150 cm³/mol. The highest BCUT2D eigenvalue weighted by molar-refractivity contribution is 5.94. The highest BCUT2D eigenvalue weighted by atomic mass is 16.5. The van der Waals surface area contributed by atoms with E-state index in [4.69, 9.17) is 9.72 Å². The molecule has 3 aromatic rings. The number of ether oxygens (including phenoxy) is 1. The Hall–Kier alpha value is -4.49. The number of hydrogen-bond donors (Lipinski definition) is 0. The van der Waals surface area contributed by atoms with Crippen molar-refractivity contribution in [3.63, 3.8) is 0 Å². The molecule has 0 saturated carbocycles. The Morgan fingerprint density at radius 1 is 0.811 bits per heavy atom. The molecule has 4 heteroatoms. The number of aromatic nitrogens is 2. The average Bonchev–Trinajstić information content (AvgIpc) is 3.14. The molecule has 2 heterocycles. The molecule has 2 aromatic heterocycles. The van der Waals surface area contributed by atoms with Gasteiger partial charge in [-0.15, -0.1) is 0 Å². The monoisotopic (exact) mass is 483 g/mol. The third kappa shape index (κ3) is 4.45. The van der Waals surface area contributed by atoms with Crippen LogP contribution < -0.4 is 4.74 Å². The third-order valence-corrected chi connectivity index (χ3v) is 6.94. The van der Waals surface area contributed by atoms with Crippen LogP contribution in [0.15, 0.2) is 79.0 Å². The normalized spacial score (nSPS) is 11.1. The van der Waals surface area contributed by atoms with Gasteiger partial charge in [0.1, 0.15) is 11.8 Å². The van der Waals surface area contributed by atoms with Crippen molar-refractivity contribution in [3.8, 4) is 56.7 Å². The van der Waals surface area contributed by atoms with Crippen molar-refractivity contribution < 1.29 is 4.74 Å². The van der Waals surface area contributed by atoms with Crippen LogP contribution >= 0.6 is 0 Å². The molecular weight excluding hydrogens is 454 g/mol. The van der Waals surface area contributed by atoms with E-state index in [0.717, 1.165) is 45.0 Å². The number of nitriles is 1. The topological polar surface area (TPSA) is 58.8 Å². The van der Waals surface area contributed by atoms with Gasteiger partial charge in [-0.05, 0) is 89.5 Å². The van der Waals surface area contributed by atoms with Crippen LogP contribution in [0.3, 0.4) is 0 Å². The van der Waals surface area contributed by atoms with E-state index < -0.39 is 0 Å². The molecule has 0 radical (unpaired) electrons. The molecule has 1 aromatic carbocycles. The van der Waals surface area contributed by atoms with Crippen LogP contribution in [0, 0.1) is 25.2 Å². The minimum atomic E-state index is 0.412. The van der Waals surface area contributed by atoms with Crippen molar-refractivity contribution in [2.45, 2.75) is 33.6 Å². The van der Waals surface area contributed by atoms with Gasteiger partial charge in [-0.25, -0.2) is 4.98 Å². The highest BCUT2D eigenvalue weighted by Crippen LogP contribution is 2.44. The molecule has 0 saturated heterocycles. The van der Waals surface area contributed by atoms with Crippen LogP contribution in [0.1, 0.15) is 42.0 Å². The lowest BCUT2D eigenvalue weighted by Gasteiger charge is -2.14. The van der Waals surface area contributed by atoms with E-state index in [9.17, 15) is 5.26 Å². The maximum absolute atomic E-state index is 10.5. The SMILES string of the molecule is COc1ccc(-c2cc(-c3ccccn3)nc(-c3cc(C)c4cc(C(C)C)ccc(C)c3-4)c2C#N)cc1. The molecule has 0 amide bonds. The van der Waals surface area contributed by atoms with Crippen molar-refractivity contribution in [2.75, 3.05) is 7.11 Å². The summed E-state index contributed by atoms with van der Waals surface area (Å²) in [4.78, 5) is 9.64. The quantitative estimate of drug-likeness (QED) is 0.253. The summed E-state index contributed by atoms with van der Waals surface area (Å²) in [6.07, 6.45) is 1.77. The summed E-state index contributed by atoms with van der Waals surface area (Å²) >= 11 is 0. The summed E-state index contributed by atoms with van der Waals surface area (Å²) < 4.78 is 5.36. The zero-order chi connectivity index (χ0) is 26.1. The maximum atomic E-state index is 10.5. The van der Waals surface area contributed by atoms with E-state index in [1.54, 1.807) is 13.3 Å². The number of methoxy groups -OCH3 is 1. The lowest BCUT2D eigenvalue weighted by atomic mass is 9.93. The number of aryl methyl sites for hydroxylation is 2. The van der Waals surface area contributed by atoms with Gasteiger partial charge in [-0.1, -0.05) is 50.2 Å². The number of nitrogens with zero attached hydrogens (tertiary/aromatic N) is 3. The predicted octanol–water partition coefficient (Wildman–Crippen LogP) is 8.20. The first-order valence-electron chi connectivity index (χ1n) is 12.5. The Morgan fingerprint density at radius 2 is 1.59 bits per heavy atom. The minimum absolute atomic E-state index is 0.412. The molecule has 0 aliphatic heterocycles. The number of benzene rings is 1. The van der Waals surface area contributed by atoms with E-state index in [-0.39, 0.29) is 0 Å². The fourth-order valence-electron chi connectivity index (χ4n) is 4.88. The molecule has 0 N–H and O–H groups in total. The van der Waals surface area contributed by atoms with E-state index in [1.165, 1.54) is 16.7 Å². The van der Waals surface area contributed by atoms with Crippen LogP contribution in [0.2, 0.25) is 0 Å². The van der Waals surface area contributed by atoms with Gasteiger partial charge in [-0.3, -0.25) is 4.98 Å². The molecule has 0 fully saturated rings. The first-order valence-corrected chi connectivity index (χ1v) is 12.5. The minimum Gasteiger partial charge on any atom is -0.497 e. The molecule has 2 aliphatic carbocycles. The van der Waals surface area contributed by atoms with E-state index in [0.29, 0.717) is 17.2 Å². The Morgan fingerprint density at radius 3 is 2.24 bits per heavy atom. The van der Waals surface area contributed by atoms with Gasteiger partial charge < -0.3 is 4.74 Å². The van der Waals surface area contributed by atoms with Crippen LogP contribution in [0.4, 0.5) is 0 Å². The fourth-order valence-corrected chi connectivity index (χ4v) is 4.88. The smallest absolute Gasteiger partial charge is 0.118 e. The highest BCUT2D eigenvalue weighted by Gasteiger charge is 2.24. The van der Waals surface area contributed by atoms with Gasteiger partial charge in [-0.2, -0.15) is 5.26 Å². The van der Waals surface area contributed by atoms with Crippen molar-refractivity contribution in [1.82, 2.24) is 9.97 Å². The van der Waals surface area contributed by atoms with Crippen molar-refractivity contribution in [3.05, 3.63) is 101 Å². The van der Waals surface area contributed by atoms with Gasteiger partial charge in [0.15, 0.2) is 0 Å². The number of rotatable bonds is 5. The molecule has 5 rings (SSSR count). The standard InChI is InChI=1S/C33H29N3O/c1-20(2)24-10-9-21(3)32-26(17-24)22(4)16-28(32)33-29(19-34)27(23-11-13-25(37-5)14-12-23)18-31(36-33)30-8-6-7-15-35-30/h6-18,20H,1-5H3. The van der Waals surface area contributed by atoms with E-state index in [1.807, 2.05) is 48.5 Å². The van der Waals surface area contributed by atoms with Gasteiger partial charge in [0.05, 0.1) is 29.8 Å². The first-order chi connectivity index (χ1) is 17.9. The second kappa shape index (κ2) is 9.87. The number of hydrogen-bond acceptors (Lipinski definition) is 4. The Labute approximate surface area is 218 Å². The molecule has 182 valence electrons. The maximum Gasteiger partial charge on any atom is 0.118 e. The second-order valence-electron chi connectivity index (χ2n) is 9.68. The molecule has 4 nitrogen and oxygen atoms in total. The average molecular weight is 484 g/mol. The summed E-state index contributed by atoms with van der Waals surface area (Å²) in [5.41, 5.74) is 11.4. The van der Waals surface area contributed by atoms with Crippen LogP contribution in [-0.2, 0) is 0 Å². The lowest BCUT2D eigenvalue weighted by Crippen LogP contribution is -1.98. The second-order valence-corrected chi connectivity index (χ2v) is 9.68. The van der Waals surface area contributed by atoms with Gasteiger partial charge >= 0.3 is 0 Å². The molecule has 0 unspecified atom stereocenters. The van der Waals surface area contributed by atoms with Gasteiger partial charge in [0, 0.05) is 17.3 Å². The zero-order valence-electron chi connectivity index (χ0n) is 21.8. The number of fused-ring (bicyclic) bond motifs is 1. The van der Waals surface area contributed by atoms with Crippen molar-refractivity contribution >= 4 is 0 Å². The summed E-state index contributed by atoms with van der Waals surface area (Å²) in [6, 6.07) is 26.9. The molecule has 37 heavy (non-hydrogen) atoms. The van der Waals surface area contributed by atoms with Gasteiger partial charge in [0.2, 0.25) is 0 Å².